The summed E-state index contributed by atoms with van der Waals surface area (Å²) in [4.78, 5) is 14.2. The summed E-state index contributed by atoms with van der Waals surface area (Å²) in [5.74, 6) is 0.0789. The number of nitrogens with zero attached hydrogens (tertiary/aromatic N) is 1. The molecule has 0 radical (unpaired) electrons. The highest BCUT2D eigenvalue weighted by Crippen LogP contribution is 2.17. The van der Waals surface area contributed by atoms with Crippen molar-refractivity contribution >= 4 is 11.5 Å². The third kappa shape index (κ3) is 4.97. The predicted molar refractivity (Wildman–Crippen MR) is 87.3 cm³/mol. The molecule has 1 aliphatic rings. The van der Waals surface area contributed by atoms with E-state index in [-0.39, 0.29) is 18.6 Å². The first-order valence-electron chi connectivity index (χ1n) is 7.96. The Labute approximate surface area is 132 Å². The second-order valence-electron chi connectivity index (χ2n) is 5.67. The lowest BCUT2D eigenvalue weighted by atomic mass is 10.1. The Hall–Kier alpha value is -1.65. The molecule has 1 N–H and O–H groups in total. The number of likely N-dealkylation sites (tertiary alicyclic amines) is 1. The van der Waals surface area contributed by atoms with Crippen molar-refractivity contribution in [3.8, 4) is 0 Å². The number of ether oxygens (including phenoxy) is 1. The molecule has 1 aromatic carbocycles. The number of carbonyl (C=O) groups excluding carboxylic acids is 1. The number of aliphatic hydroxyl groups is 1. The Kier molecular flexibility index (Phi) is 6.62. The number of carbonyl (C=O) groups is 1. The summed E-state index contributed by atoms with van der Waals surface area (Å²) < 4.78 is 5.69. The Morgan fingerprint density at radius 3 is 2.64 bits per heavy atom. The van der Waals surface area contributed by atoms with E-state index in [0.717, 1.165) is 37.1 Å². The summed E-state index contributed by atoms with van der Waals surface area (Å²) in [5, 5.41) is 8.75. The summed E-state index contributed by atoms with van der Waals surface area (Å²) in [6.07, 6.45) is 4.36. The van der Waals surface area contributed by atoms with Crippen LogP contribution in [0, 0.1) is 0 Å². The molecule has 1 aliphatic heterocycles. The third-order valence-corrected chi connectivity index (χ3v) is 3.98. The zero-order chi connectivity index (χ0) is 15.8. The van der Waals surface area contributed by atoms with Crippen LogP contribution in [0.1, 0.15) is 31.7 Å². The van der Waals surface area contributed by atoms with Gasteiger partial charge in [0.25, 0.3) is 0 Å². The zero-order valence-electron chi connectivity index (χ0n) is 13.2. The summed E-state index contributed by atoms with van der Waals surface area (Å²) in [6, 6.07) is 9.96. The minimum atomic E-state index is 0.0789. The SMILES string of the molecule is C/C(=C/C(=O)N1CCC(OCCCO)CC1)c1ccccc1. The minimum Gasteiger partial charge on any atom is -0.396 e. The van der Waals surface area contributed by atoms with Crippen LogP contribution in [0.2, 0.25) is 0 Å². The molecule has 0 saturated carbocycles. The van der Waals surface area contributed by atoms with Gasteiger partial charge in [-0.2, -0.15) is 0 Å². The number of benzene rings is 1. The summed E-state index contributed by atoms with van der Waals surface area (Å²) in [7, 11) is 0. The highest BCUT2D eigenvalue weighted by atomic mass is 16.5. The first kappa shape index (κ1) is 16.7. The lowest BCUT2D eigenvalue weighted by Crippen LogP contribution is -2.40. The second-order valence-corrected chi connectivity index (χ2v) is 5.67. The van der Waals surface area contributed by atoms with Gasteiger partial charge in [0.05, 0.1) is 6.10 Å². The molecule has 0 aromatic heterocycles. The number of hydrogen-bond donors (Lipinski definition) is 1. The van der Waals surface area contributed by atoms with Gasteiger partial charge in [-0.25, -0.2) is 0 Å². The lowest BCUT2D eigenvalue weighted by Gasteiger charge is -2.31. The number of aliphatic hydroxyl groups excluding tert-OH is 1. The smallest absolute Gasteiger partial charge is 0.246 e. The van der Waals surface area contributed by atoms with Crippen molar-refractivity contribution in [2.24, 2.45) is 0 Å². The van der Waals surface area contributed by atoms with Gasteiger partial charge in [-0.1, -0.05) is 30.3 Å². The van der Waals surface area contributed by atoms with E-state index in [0.29, 0.717) is 13.0 Å². The van der Waals surface area contributed by atoms with Gasteiger partial charge >= 0.3 is 0 Å². The maximum Gasteiger partial charge on any atom is 0.246 e. The molecule has 0 aliphatic carbocycles. The first-order chi connectivity index (χ1) is 10.7. The normalized spacial score (nSPS) is 16.8. The van der Waals surface area contributed by atoms with Crippen molar-refractivity contribution in [3.63, 3.8) is 0 Å². The van der Waals surface area contributed by atoms with Crippen molar-refractivity contribution in [2.45, 2.75) is 32.3 Å². The van der Waals surface area contributed by atoms with Crippen LogP contribution >= 0.6 is 0 Å². The number of allylic oxidation sites excluding steroid dienone is 1. The van der Waals surface area contributed by atoms with E-state index in [9.17, 15) is 4.79 Å². The van der Waals surface area contributed by atoms with E-state index in [1.165, 1.54) is 0 Å². The molecule has 4 nitrogen and oxygen atoms in total. The lowest BCUT2D eigenvalue weighted by molar-refractivity contribution is -0.128. The van der Waals surface area contributed by atoms with Crippen LogP contribution in [0.3, 0.4) is 0 Å². The van der Waals surface area contributed by atoms with Gasteiger partial charge in [-0.05, 0) is 37.3 Å². The van der Waals surface area contributed by atoms with Gasteiger partial charge in [0.2, 0.25) is 5.91 Å². The molecule has 4 heteroatoms. The average Bonchev–Trinajstić information content (AvgIpc) is 2.56. The summed E-state index contributed by atoms with van der Waals surface area (Å²) in [5.41, 5.74) is 2.07. The number of rotatable bonds is 6. The van der Waals surface area contributed by atoms with Crippen LogP contribution in [0.15, 0.2) is 36.4 Å². The van der Waals surface area contributed by atoms with Crippen LogP contribution in [-0.4, -0.2) is 48.3 Å². The van der Waals surface area contributed by atoms with E-state index in [1.54, 1.807) is 6.08 Å². The van der Waals surface area contributed by atoms with E-state index in [1.807, 2.05) is 42.2 Å². The molecule has 0 spiro atoms. The van der Waals surface area contributed by atoms with Gasteiger partial charge in [0.15, 0.2) is 0 Å². The molecular weight excluding hydrogens is 278 g/mol. The van der Waals surface area contributed by atoms with Crippen molar-refractivity contribution in [2.75, 3.05) is 26.3 Å². The molecule has 0 unspecified atom stereocenters. The van der Waals surface area contributed by atoms with E-state index in [2.05, 4.69) is 0 Å². The molecule has 1 fully saturated rings. The molecule has 120 valence electrons. The Bertz CT molecular complexity index is 490. The fourth-order valence-corrected chi connectivity index (χ4v) is 2.62. The summed E-state index contributed by atoms with van der Waals surface area (Å²) in [6.45, 7) is 4.21. The monoisotopic (exact) mass is 303 g/mol. The van der Waals surface area contributed by atoms with Gasteiger partial charge in [0, 0.05) is 32.4 Å². The number of hydrogen-bond acceptors (Lipinski definition) is 3. The van der Waals surface area contributed by atoms with Crippen LogP contribution in [0.4, 0.5) is 0 Å². The molecule has 2 rings (SSSR count). The van der Waals surface area contributed by atoms with Crippen LogP contribution < -0.4 is 0 Å². The first-order valence-corrected chi connectivity index (χ1v) is 7.96. The summed E-state index contributed by atoms with van der Waals surface area (Å²) >= 11 is 0. The van der Waals surface area contributed by atoms with Crippen molar-refractivity contribution in [1.82, 2.24) is 4.90 Å². The molecule has 0 atom stereocenters. The van der Waals surface area contributed by atoms with Gasteiger partial charge < -0.3 is 14.7 Å². The van der Waals surface area contributed by atoms with Gasteiger partial charge in [0.1, 0.15) is 0 Å². The third-order valence-electron chi connectivity index (χ3n) is 3.98. The Balaban J connectivity index is 1.82. The second kappa shape index (κ2) is 8.71. The molecule has 1 heterocycles. The van der Waals surface area contributed by atoms with Gasteiger partial charge in [-0.15, -0.1) is 0 Å². The molecule has 1 amide bonds. The highest BCUT2D eigenvalue weighted by molar-refractivity contribution is 5.94. The Morgan fingerprint density at radius 1 is 1.32 bits per heavy atom. The maximum atomic E-state index is 12.3. The number of piperidine rings is 1. The topological polar surface area (TPSA) is 49.8 Å². The van der Waals surface area contributed by atoms with Crippen LogP contribution in [0.25, 0.3) is 5.57 Å². The highest BCUT2D eigenvalue weighted by Gasteiger charge is 2.22. The van der Waals surface area contributed by atoms with Crippen LogP contribution in [0.5, 0.6) is 0 Å². The predicted octanol–water partition coefficient (Wildman–Crippen LogP) is 2.48. The fourth-order valence-electron chi connectivity index (χ4n) is 2.62. The van der Waals surface area contributed by atoms with Crippen LogP contribution in [-0.2, 0) is 9.53 Å². The van der Waals surface area contributed by atoms with E-state index in [4.69, 9.17) is 9.84 Å². The van der Waals surface area contributed by atoms with Crippen molar-refractivity contribution in [1.29, 1.82) is 0 Å². The zero-order valence-corrected chi connectivity index (χ0v) is 13.2. The quantitative estimate of drug-likeness (QED) is 0.649. The molecule has 1 aromatic rings. The maximum absolute atomic E-state index is 12.3. The average molecular weight is 303 g/mol. The van der Waals surface area contributed by atoms with Crippen molar-refractivity contribution < 1.29 is 14.6 Å². The molecule has 0 bridgehead atoms. The largest absolute Gasteiger partial charge is 0.396 e. The van der Waals surface area contributed by atoms with E-state index >= 15 is 0 Å². The molecule has 1 saturated heterocycles. The van der Waals surface area contributed by atoms with Gasteiger partial charge in [-0.3, -0.25) is 4.79 Å². The van der Waals surface area contributed by atoms with Crippen molar-refractivity contribution in [3.05, 3.63) is 42.0 Å². The Morgan fingerprint density at radius 2 is 2.00 bits per heavy atom. The molecular formula is C18H25NO3. The molecule has 22 heavy (non-hydrogen) atoms. The standard InChI is InChI=1S/C18H25NO3/c1-15(16-6-3-2-4-7-16)14-18(21)19-10-8-17(9-11-19)22-13-5-12-20/h2-4,6-7,14,17,20H,5,8-13H2,1H3/b15-14-. The fraction of sp³-hybridized carbons (Fsp3) is 0.500. The van der Waals surface area contributed by atoms with E-state index < -0.39 is 0 Å². The minimum absolute atomic E-state index is 0.0789. The number of amides is 1.